The van der Waals surface area contributed by atoms with Crippen LogP contribution >= 0.6 is 11.8 Å². The van der Waals surface area contributed by atoms with E-state index in [2.05, 4.69) is 16.6 Å². The predicted octanol–water partition coefficient (Wildman–Crippen LogP) is 1.56. The molecule has 0 saturated heterocycles. The number of rotatable bonds is 4. The van der Waals surface area contributed by atoms with Crippen LogP contribution in [0.5, 0.6) is 0 Å². The molecule has 1 aromatic rings. The van der Waals surface area contributed by atoms with Gasteiger partial charge < -0.3 is 5.73 Å². The lowest BCUT2D eigenvalue weighted by atomic mass is 10.2. The molecular formula is C15H20N2O2S2. The summed E-state index contributed by atoms with van der Waals surface area (Å²) in [6, 6.07) is 6.78. The molecule has 0 bridgehead atoms. The van der Waals surface area contributed by atoms with Gasteiger partial charge in [0.15, 0.2) is 0 Å². The molecule has 1 aliphatic carbocycles. The lowest BCUT2D eigenvalue weighted by Crippen LogP contribution is -2.38. The number of sulfonamides is 1. The van der Waals surface area contributed by atoms with Crippen molar-refractivity contribution in [2.24, 2.45) is 5.73 Å². The van der Waals surface area contributed by atoms with Crippen molar-refractivity contribution in [2.45, 2.75) is 35.4 Å². The largest absolute Gasteiger partial charge is 0.320 e. The van der Waals surface area contributed by atoms with E-state index < -0.39 is 10.0 Å². The van der Waals surface area contributed by atoms with Crippen LogP contribution in [0.25, 0.3) is 0 Å². The van der Waals surface area contributed by atoms with Gasteiger partial charge in [-0.2, -0.15) is 11.8 Å². The molecule has 1 aliphatic rings. The molecule has 0 spiro atoms. The van der Waals surface area contributed by atoms with Gasteiger partial charge in [-0.1, -0.05) is 30.4 Å². The first-order chi connectivity index (χ1) is 10.1. The molecule has 0 heterocycles. The summed E-state index contributed by atoms with van der Waals surface area (Å²) >= 11 is 1.72. The first-order valence-corrected chi connectivity index (χ1v) is 9.68. The van der Waals surface area contributed by atoms with E-state index in [1.54, 1.807) is 36.0 Å². The minimum atomic E-state index is -3.55. The molecule has 1 aromatic carbocycles. The smallest absolute Gasteiger partial charge is 0.242 e. The van der Waals surface area contributed by atoms with Gasteiger partial charge in [0.25, 0.3) is 0 Å². The van der Waals surface area contributed by atoms with E-state index in [-0.39, 0.29) is 17.5 Å². The molecule has 6 heteroatoms. The fraction of sp³-hybridized carbons (Fsp3) is 0.467. The van der Waals surface area contributed by atoms with Gasteiger partial charge in [0.1, 0.15) is 0 Å². The van der Waals surface area contributed by atoms with Crippen molar-refractivity contribution in [3.05, 3.63) is 29.8 Å². The molecule has 0 amide bonds. The van der Waals surface area contributed by atoms with Crippen LogP contribution in [0.1, 0.15) is 24.8 Å². The predicted molar refractivity (Wildman–Crippen MR) is 87.6 cm³/mol. The zero-order valence-electron chi connectivity index (χ0n) is 12.0. The maximum Gasteiger partial charge on any atom is 0.242 e. The van der Waals surface area contributed by atoms with Crippen molar-refractivity contribution in [2.75, 3.05) is 12.8 Å². The fourth-order valence-electron chi connectivity index (χ4n) is 2.56. The molecule has 2 rings (SSSR count). The monoisotopic (exact) mass is 324 g/mol. The molecule has 1 saturated carbocycles. The van der Waals surface area contributed by atoms with Crippen LogP contribution in [0.15, 0.2) is 29.2 Å². The van der Waals surface area contributed by atoms with Gasteiger partial charge >= 0.3 is 0 Å². The van der Waals surface area contributed by atoms with Gasteiger partial charge in [0.05, 0.1) is 11.4 Å². The molecule has 4 nitrogen and oxygen atoms in total. The molecular weight excluding hydrogens is 304 g/mol. The SMILES string of the molecule is CSC1CCCC1NS(=O)(=O)c1ccccc1C#CCN. The second kappa shape index (κ2) is 7.32. The van der Waals surface area contributed by atoms with Crippen molar-refractivity contribution in [1.29, 1.82) is 0 Å². The van der Waals surface area contributed by atoms with Crippen molar-refractivity contribution in [3.8, 4) is 11.8 Å². The summed E-state index contributed by atoms with van der Waals surface area (Å²) in [5.74, 6) is 5.54. The first-order valence-electron chi connectivity index (χ1n) is 6.91. The summed E-state index contributed by atoms with van der Waals surface area (Å²) < 4.78 is 28.1. The van der Waals surface area contributed by atoms with Crippen LogP contribution in [-0.4, -0.2) is 32.5 Å². The Labute approximate surface area is 130 Å². The Morgan fingerprint density at radius 2 is 2.14 bits per heavy atom. The number of hydrogen-bond acceptors (Lipinski definition) is 4. The summed E-state index contributed by atoms with van der Waals surface area (Å²) in [5.41, 5.74) is 5.86. The lowest BCUT2D eigenvalue weighted by molar-refractivity contribution is 0.555. The van der Waals surface area contributed by atoms with Gasteiger partial charge in [-0.25, -0.2) is 13.1 Å². The Hall–Kier alpha value is -1.00. The minimum Gasteiger partial charge on any atom is -0.320 e. The fourth-order valence-corrected chi connectivity index (χ4v) is 5.05. The summed E-state index contributed by atoms with van der Waals surface area (Å²) in [4.78, 5) is 0.234. The van der Waals surface area contributed by atoms with Crippen LogP contribution in [0.4, 0.5) is 0 Å². The third-order valence-electron chi connectivity index (χ3n) is 3.56. The molecule has 2 atom stereocenters. The normalized spacial score (nSPS) is 21.8. The number of hydrogen-bond donors (Lipinski definition) is 2. The first kappa shape index (κ1) is 16.4. The molecule has 3 N–H and O–H groups in total. The zero-order chi connectivity index (χ0) is 15.3. The van der Waals surface area contributed by atoms with Crippen LogP contribution in [0, 0.1) is 11.8 Å². The Kier molecular flexibility index (Phi) is 5.71. The van der Waals surface area contributed by atoms with E-state index in [0.717, 1.165) is 19.3 Å². The highest BCUT2D eigenvalue weighted by atomic mass is 32.2. The Morgan fingerprint density at radius 1 is 1.38 bits per heavy atom. The van der Waals surface area contributed by atoms with E-state index in [0.29, 0.717) is 10.8 Å². The highest BCUT2D eigenvalue weighted by molar-refractivity contribution is 7.99. The highest BCUT2D eigenvalue weighted by Crippen LogP contribution is 2.29. The topological polar surface area (TPSA) is 72.2 Å². The van der Waals surface area contributed by atoms with Gasteiger partial charge in [0, 0.05) is 16.9 Å². The molecule has 21 heavy (non-hydrogen) atoms. The highest BCUT2D eigenvalue weighted by Gasteiger charge is 2.31. The summed E-state index contributed by atoms with van der Waals surface area (Å²) in [5, 5.41) is 0.349. The van der Waals surface area contributed by atoms with Crippen LogP contribution in [0.2, 0.25) is 0 Å². The van der Waals surface area contributed by atoms with Gasteiger partial charge in [0.2, 0.25) is 10.0 Å². The average molecular weight is 324 g/mol. The van der Waals surface area contributed by atoms with Crippen molar-refractivity contribution < 1.29 is 8.42 Å². The minimum absolute atomic E-state index is 0.000485. The second-order valence-corrected chi connectivity index (χ2v) is 7.69. The van der Waals surface area contributed by atoms with Crippen LogP contribution in [0.3, 0.4) is 0 Å². The van der Waals surface area contributed by atoms with Crippen LogP contribution < -0.4 is 10.5 Å². The summed E-state index contributed by atoms with van der Waals surface area (Å²) in [6.07, 6.45) is 5.04. The van der Waals surface area contributed by atoms with E-state index >= 15 is 0 Å². The number of nitrogens with one attached hydrogen (secondary N) is 1. The summed E-state index contributed by atoms with van der Waals surface area (Å²) in [6.45, 7) is 0.207. The standard InChI is InChI=1S/C15H20N2O2S2/c1-20-14-9-4-8-13(14)17-21(18,19)15-10-3-2-6-12(15)7-5-11-16/h2-3,6,10,13-14,17H,4,8-9,11,16H2,1H3. The van der Waals surface area contributed by atoms with Gasteiger partial charge in [-0.15, -0.1) is 0 Å². The zero-order valence-corrected chi connectivity index (χ0v) is 13.6. The van der Waals surface area contributed by atoms with Gasteiger partial charge in [-0.05, 0) is 31.2 Å². The molecule has 114 valence electrons. The van der Waals surface area contributed by atoms with E-state index in [1.165, 1.54) is 0 Å². The Balaban J connectivity index is 2.27. The number of thioether (sulfide) groups is 1. The molecule has 1 fully saturated rings. The third kappa shape index (κ3) is 4.01. The quantitative estimate of drug-likeness (QED) is 0.825. The van der Waals surface area contributed by atoms with Crippen molar-refractivity contribution in [1.82, 2.24) is 4.72 Å². The molecule has 0 aromatic heterocycles. The Bertz CT molecular complexity index is 647. The second-order valence-electron chi connectivity index (χ2n) is 4.93. The van der Waals surface area contributed by atoms with Crippen molar-refractivity contribution >= 4 is 21.8 Å². The summed E-state index contributed by atoms with van der Waals surface area (Å²) in [7, 11) is -3.55. The number of nitrogens with two attached hydrogens (primary N) is 1. The average Bonchev–Trinajstić information content (AvgIpc) is 2.91. The number of benzene rings is 1. The lowest BCUT2D eigenvalue weighted by Gasteiger charge is -2.19. The van der Waals surface area contributed by atoms with E-state index in [9.17, 15) is 8.42 Å². The van der Waals surface area contributed by atoms with Crippen molar-refractivity contribution in [3.63, 3.8) is 0 Å². The maximum absolute atomic E-state index is 12.6. The third-order valence-corrected chi connectivity index (χ3v) is 6.28. The van der Waals surface area contributed by atoms with Gasteiger partial charge in [-0.3, -0.25) is 0 Å². The maximum atomic E-state index is 12.6. The molecule has 0 aliphatic heterocycles. The Morgan fingerprint density at radius 3 is 2.86 bits per heavy atom. The van der Waals surface area contributed by atoms with E-state index in [4.69, 9.17) is 5.73 Å². The van der Waals surface area contributed by atoms with Crippen LogP contribution in [-0.2, 0) is 10.0 Å². The van der Waals surface area contributed by atoms with E-state index in [1.807, 2.05) is 6.26 Å². The molecule has 2 unspecified atom stereocenters. The molecule has 0 radical (unpaired) electrons.